The van der Waals surface area contributed by atoms with Gasteiger partial charge < -0.3 is 14.2 Å². The van der Waals surface area contributed by atoms with Crippen LogP contribution in [-0.4, -0.2) is 43.2 Å². The van der Waals surface area contributed by atoms with Crippen LogP contribution in [0.1, 0.15) is 49.7 Å². The first-order chi connectivity index (χ1) is 14.9. The number of nitrogens with zero attached hydrogens (tertiary/aromatic N) is 1. The highest BCUT2D eigenvalue weighted by atomic mass is 16.7. The van der Waals surface area contributed by atoms with Crippen molar-refractivity contribution in [2.75, 3.05) is 19.8 Å². The second-order valence-electron chi connectivity index (χ2n) is 8.49. The average molecular weight is 410 g/mol. The van der Waals surface area contributed by atoms with E-state index in [0.717, 1.165) is 45.4 Å². The van der Waals surface area contributed by atoms with Crippen molar-refractivity contribution in [2.45, 2.75) is 70.1 Å². The summed E-state index contributed by atoms with van der Waals surface area (Å²) in [6, 6.07) is 22.3. The van der Waals surface area contributed by atoms with Crippen molar-refractivity contribution in [2.24, 2.45) is 0 Å². The highest BCUT2D eigenvalue weighted by molar-refractivity contribution is 5.17. The van der Waals surface area contributed by atoms with Crippen LogP contribution in [0.25, 0.3) is 0 Å². The standard InChI is InChI=1S/C26H35NO3/c1-3-8-22(9-4-1)20-27(21-23-10-5-2-6-11-23)24-13-15-25(16-14-24)28-18-19-30-26-12-7-17-29-26/h1-6,8-11,24-26H,7,12-21H2. The second-order valence-corrected chi connectivity index (χ2v) is 8.49. The summed E-state index contributed by atoms with van der Waals surface area (Å²) in [5.41, 5.74) is 2.77. The molecule has 4 heteroatoms. The van der Waals surface area contributed by atoms with Crippen molar-refractivity contribution in [3.63, 3.8) is 0 Å². The second kappa shape index (κ2) is 11.6. The lowest BCUT2D eigenvalue weighted by atomic mass is 9.91. The smallest absolute Gasteiger partial charge is 0.157 e. The summed E-state index contributed by atoms with van der Waals surface area (Å²) in [6.07, 6.45) is 7.13. The van der Waals surface area contributed by atoms with Gasteiger partial charge in [-0.05, 0) is 43.2 Å². The van der Waals surface area contributed by atoms with Gasteiger partial charge >= 0.3 is 0 Å². The molecule has 0 N–H and O–H groups in total. The van der Waals surface area contributed by atoms with Gasteiger partial charge in [-0.1, -0.05) is 60.7 Å². The van der Waals surface area contributed by atoms with Crippen LogP contribution in [0.4, 0.5) is 0 Å². The zero-order chi connectivity index (χ0) is 20.4. The molecule has 1 saturated heterocycles. The number of ether oxygens (including phenoxy) is 3. The molecule has 0 radical (unpaired) electrons. The van der Waals surface area contributed by atoms with E-state index >= 15 is 0 Å². The minimum atomic E-state index is -0.00568. The van der Waals surface area contributed by atoms with Crippen LogP contribution < -0.4 is 0 Å². The number of benzene rings is 2. The van der Waals surface area contributed by atoms with Crippen molar-refractivity contribution in [1.29, 1.82) is 0 Å². The average Bonchev–Trinajstić information content (AvgIpc) is 3.32. The van der Waals surface area contributed by atoms with Gasteiger partial charge in [0.1, 0.15) is 0 Å². The largest absolute Gasteiger partial charge is 0.376 e. The molecule has 1 saturated carbocycles. The van der Waals surface area contributed by atoms with E-state index in [2.05, 4.69) is 65.6 Å². The minimum Gasteiger partial charge on any atom is -0.376 e. The molecule has 1 unspecified atom stereocenters. The van der Waals surface area contributed by atoms with Crippen LogP contribution >= 0.6 is 0 Å². The Balaban J connectivity index is 1.25. The Morgan fingerprint density at radius 3 is 1.90 bits per heavy atom. The first-order valence-electron chi connectivity index (χ1n) is 11.5. The third-order valence-corrected chi connectivity index (χ3v) is 6.25. The number of hydrogen-bond acceptors (Lipinski definition) is 4. The maximum Gasteiger partial charge on any atom is 0.157 e. The van der Waals surface area contributed by atoms with E-state index in [-0.39, 0.29) is 6.29 Å². The van der Waals surface area contributed by atoms with E-state index in [1.807, 2.05) is 0 Å². The van der Waals surface area contributed by atoms with Crippen LogP contribution in [0.5, 0.6) is 0 Å². The normalized spacial score (nSPS) is 24.4. The highest BCUT2D eigenvalue weighted by Crippen LogP contribution is 2.28. The van der Waals surface area contributed by atoms with Gasteiger partial charge in [0.2, 0.25) is 0 Å². The summed E-state index contributed by atoms with van der Waals surface area (Å²) < 4.78 is 17.3. The SMILES string of the molecule is c1ccc(CN(Cc2ccccc2)C2CCC(OCCOC3CCCO3)CC2)cc1. The maximum atomic E-state index is 6.11. The van der Waals surface area contributed by atoms with Gasteiger partial charge in [-0.2, -0.15) is 0 Å². The molecule has 4 rings (SSSR count). The zero-order valence-corrected chi connectivity index (χ0v) is 18.0. The Bertz CT molecular complexity index is 668. The Morgan fingerprint density at radius 2 is 1.33 bits per heavy atom. The van der Waals surface area contributed by atoms with Gasteiger partial charge in [-0.15, -0.1) is 0 Å². The summed E-state index contributed by atoms with van der Waals surface area (Å²) in [6.45, 7) is 4.14. The van der Waals surface area contributed by atoms with E-state index < -0.39 is 0 Å². The fraction of sp³-hybridized carbons (Fsp3) is 0.538. The Hall–Kier alpha value is -1.72. The molecule has 0 spiro atoms. The van der Waals surface area contributed by atoms with E-state index in [1.54, 1.807) is 0 Å². The number of rotatable bonds is 10. The van der Waals surface area contributed by atoms with Gasteiger partial charge in [0.05, 0.1) is 19.3 Å². The first-order valence-corrected chi connectivity index (χ1v) is 11.5. The summed E-state index contributed by atoms with van der Waals surface area (Å²) in [5, 5.41) is 0. The third-order valence-electron chi connectivity index (χ3n) is 6.25. The highest BCUT2D eigenvalue weighted by Gasteiger charge is 2.26. The van der Waals surface area contributed by atoms with Crippen LogP contribution in [0, 0.1) is 0 Å². The predicted octanol–water partition coefficient (Wildman–Crippen LogP) is 5.17. The summed E-state index contributed by atoms with van der Waals surface area (Å²) in [5.74, 6) is 0. The van der Waals surface area contributed by atoms with Gasteiger partial charge in [0.25, 0.3) is 0 Å². The molecule has 0 amide bonds. The van der Waals surface area contributed by atoms with E-state index in [9.17, 15) is 0 Å². The lowest BCUT2D eigenvalue weighted by Crippen LogP contribution is -2.39. The summed E-state index contributed by atoms with van der Waals surface area (Å²) in [4.78, 5) is 2.65. The molecule has 1 heterocycles. The Kier molecular flexibility index (Phi) is 8.33. The fourth-order valence-corrected chi connectivity index (χ4v) is 4.60. The molecule has 2 aromatic carbocycles. The van der Waals surface area contributed by atoms with Gasteiger partial charge in [-0.3, -0.25) is 4.90 Å². The molecule has 2 aliphatic rings. The van der Waals surface area contributed by atoms with E-state index in [4.69, 9.17) is 14.2 Å². The lowest BCUT2D eigenvalue weighted by Gasteiger charge is -2.37. The topological polar surface area (TPSA) is 30.9 Å². The molecule has 1 atom stereocenters. The van der Waals surface area contributed by atoms with Crippen molar-refractivity contribution in [1.82, 2.24) is 4.90 Å². The lowest BCUT2D eigenvalue weighted by molar-refractivity contribution is -0.128. The molecule has 4 nitrogen and oxygen atoms in total. The third kappa shape index (κ3) is 6.64. The molecular weight excluding hydrogens is 374 g/mol. The monoisotopic (exact) mass is 409 g/mol. The van der Waals surface area contributed by atoms with Crippen LogP contribution in [0.15, 0.2) is 60.7 Å². The minimum absolute atomic E-state index is 0.00568. The summed E-state index contributed by atoms with van der Waals surface area (Å²) >= 11 is 0. The van der Waals surface area contributed by atoms with Crippen molar-refractivity contribution in [3.05, 3.63) is 71.8 Å². The van der Waals surface area contributed by atoms with Crippen molar-refractivity contribution < 1.29 is 14.2 Å². The van der Waals surface area contributed by atoms with Crippen LogP contribution in [-0.2, 0) is 27.3 Å². The van der Waals surface area contributed by atoms with Crippen LogP contribution in [0.3, 0.4) is 0 Å². The Labute approximate surface area is 181 Å². The fourth-order valence-electron chi connectivity index (χ4n) is 4.60. The molecular formula is C26H35NO3. The number of hydrogen-bond donors (Lipinski definition) is 0. The molecule has 1 aliphatic heterocycles. The van der Waals surface area contributed by atoms with Crippen molar-refractivity contribution in [3.8, 4) is 0 Å². The maximum absolute atomic E-state index is 6.11. The molecule has 30 heavy (non-hydrogen) atoms. The molecule has 162 valence electrons. The quantitative estimate of drug-likeness (QED) is 0.507. The molecule has 0 bridgehead atoms. The molecule has 2 aromatic rings. The van der Waals surface area contributed by atoms with Gasteiger partial charge in [0.15, 0.2) is 6.29 Å². The molecule has 0 aromatic heterocycles. The van der Waals surface area contributed by atoms with Crippen molar-refractivity contribution >= 4 is 0 Å². The molecule has 2 fully saturated rings. The van der Waals surface area contributed by atoms with Gasteiger partial charge in [0, 0.05) is 32.2 Å². The van der Waals surface area contributed by atoms with E-state index in [0.29, 0.717) is 25.4 Å². The Morgan fingerprint density at radius 1 is 0.733 bits per heavy atom. The predicted molar refractivity (Wildman–Crippen MR) is 119 cm³/mol. The summed E-state index contributed by atoms with van der Waals surface area (Å²) in [7, 11) is 0. The zero-order valence-electron chi connectivity index (χ0n) is 18.0. The van der Waals surface area contributed by atoms with Gasteiger partial charge in [-0.25, -0.2) is 0 Å². The molecule has 1 aliphatic carbocycles. The first kappa shape index (κ1) is 21.5. The van der Waals surface area contributed by atoms with Crippen LogP contribution in [0.2, 0.25) is 0 Å². The van der Waals surface area contributed by atoms with E-state index in [1.165, 1.54) is 24.0 Å².